The topological polar surface area (TPSA) is 154 Å². The number of nitrogens with one attached hydrogen (secondary N) is 2. The lowest BCUT2D eigenvalue weighted by atomic mass is 9.90. The highest BCUT2D eigenvalue weighted by Gasteiger charge is 2.24. The number of aromatic hydroxyl groups is 1. The molecule has 0 fully saturated rings. The van der Waals surface area contributed by atoms with Gasteiger partial charge in [-0.1, -0.05) is 30.3 Å². The number of H-pyrrole nitrogens is 2. The highest BCUT2D eigenvalue weighted by molar-refractivity contribution is 6.21. The third-order valence-electron chi connectivity index (χ3n) is 7.45. The largest absolute Gasteiger partial charge is 0.505 e. The number of aliphatic hydroxyl groups is 1. The summed E-state index contributed by atoms with van der Waals surface area (Å²) in [7, 11) is 0. The molecule has 0 radical (unpaired) electrons. The number of hydrogen-bond donors (Lipinski definition) is 5. The first-order valence-corrected chi connectivity index (χ1v) is 12.8. The van der Waals surface area contributed by atoms with Crippen LogP contribution in [0.2, 0.25) is 0 Å². The second-order valence-corrected chi connectivity index (χ2v) is 10.6. The normalized spacial score (nSPS) is 12.0. The van der Waals surface area contributed by atoms with E-state index >= 15 is 0 Å². The Hall–Kier alpha value is -5.22. The van der Waals surface area contributed by atoms with Gasteiger partial charge < -0.3 is 25.9 Å². The second-order valence-electron chi connectivity index (χ2n) is 10.6. The maximum atomic E-state index is 14.3. The molecule has 2 heterocycles. The van der Waals surface area contributed by atoms with E-state index in [2.05, 4.69) is 9.97 Å². The van der Waals surface area contributed by atoms with E-state index in [9.17, 15) is 29.0 Å². The van der Waals surface area contributed by atoms with Crippen LogP contribution in [-0.4, -0.2) is 30.7 Å². The lowest BCUT2D eigenvalue weighted by molar-refractivity contribution is 0.0787. The van der Waals surface area contributed by atoms with E-state index in [-0.39, 0.29) is 27.9 Å². The SMILES string of the molecule is Cc1cc(C(N)=O)c2[nH]c3cc(C(C)(C)O)ccc3c2c1-c1cccc(-n2c(=O)[nH]c3c(F)cccc3c2=O)c1O. The van der Waals surface area contributed by atoms with E-state index < -0.39 is 28.6 Å². The number of nitrogens with two attached hydrogens (primary N) is 1. The number of aromatic amines is 2. The Kier molecular flexibility index (Phi) is 5.65. The Morgan fingerprint density at radius 1 is 0.976 bits per heavy atom. The molecular formula is C31H25FN4O5. The van der Waals surface area contributed by atoms with Crippen LogP contribution in [-0.2, 0) is 5.60 Å². The maximum absolute atomic E-state index is 14.3. The summed E-state index contributed by atoms with van der Waals surface area (Å²) in [6.07, 6.45) is 0. The molecule has 0 unspecified atom stereocenters. The Bertz CT molecular complexity index is 2200. The number of carbonyl (C=O) groups excluding carboxylic acids is 1. The molecule has 0 bridgehead atoms. The van der Waals surface area contributed by atoms with Crippen molar-refractivity contribution in [2.24, 2.45) is 5.73 Å². The van der Waals surface area contributed by atoms with Gasteiger partial charge in [0.25, 0.3) is 11.5 Å². The van der Waals surface area contributed by atoms with E-state index in [4.69, 9.17) is 5.73 Å². The average molecular weight is 553 g/mol. The van der Waals surface area contributed by atoms with E-state index in [0.29, 0.717) is 44.1 Å². The Morgan fingerprint density at radius 2 is 1.71 bits per heavy atom. The molecule has 0 aliphatic heterocycles. The lowest BCUT2D eigenvalue weighted by Gasteiger charge is -2.18. The number of phenols is 1. The van der Waals surface area contributed by atoms with Crippen LogP contribution < -0.4 is 17.0 Å². The molecule has 0 spiro atoms. The highest BCUT2D eigenvalue weighted by Crippen LogP contribution is 2.43. The first kappa shape index (κ1) is 26.0. The number of benzene rings is 4. The van der Waals surface area contributed by atoms with E-state index in [1.807, 2.05) is 6.07 Å². The Labute approximate surface area is 231 Å². The fraction of sp³-hybridized carbons (Fsp3) is 0.129. The molecule has 206 valence electrons. The average Bonchev–Trinajstić information content (AvgIpc) is 3.28. The van der Waals surface area contributed by atoms with Crippen molar-refractivity contribution in [1.29, 1.82) is 0 Å². The van der Waals surface area contributed by atoms with Gasteiger partial charge in [-0.05, 0) is 67.8 Å². The predicted octanol–water partition coefficient (Wildman–Crippen LogP) is 4.46. The fourth-order valence-electron chi connectivity index (χ4n) is 5.48. The number of aryl methyl sites for hydroxylation is 1. The molecule has 0 saturated heterocycles. The van der Waals surface area contributed by atoms with Crippen LogP contribution >= 0.6 is 0 Å². The molecule has 6 rings (SSSR count). The van der Waals surface area contributed by atoms with Crippen molar-refractivity contribution in [3.05, 3.63) is 104 Å². The zero-order valence-electron chi connectivity index (χ0n) is 22.3. The summed E-state index contributed by atoms with van der Waals surface area (Å²) in [4.78, 5) is 44.4. The van der Waals surface area contributed by atoms with Gasteiger partial charge in [0, 0.05) is 21.9 Å². The molecule has 0 atom stereocenters. The van der Waals surface area contributed by atoms with Crippen LogP contribution in [0.15, 0.2) is 70.3 Å². The van der Waals surface area contributed by atoms with E-state index in [0.717, 1.165) is 10.6 Å². The first-order valence-electron chi connectivity index (χ1n) is 12.8. The van der Waals surface area contributed by atoms with Crippen molar-refractivity contribution in [3.8, 4) is 22.6 Å². The molecule has 0 aliphatic carbocycles. The summed E-state index contributed by atoms with van der Waals surface area (Å²) in [5.41, 5.74) is 5.95. The van der Waals surface area contributed by atoms with Gasteiger partial charge in [0.05, 0.1) is 33.3 Å². The molecular weight excluding hydrogens is 527 g/mol. The van der Waals surface area contributed by atoms with Crippen LogP contribution in [0.3, 0.4) is 0 Å². The van der Waals surface area contributed by atoms with Gasteiger partial charge in [-0.15, -0.1) is 0 Å². The molecule has 0 aliphatic rings. The number of hydrogen-bond acceptors (Lipinski definition) is 5. The smallest absolute Gasteiger partial charge is 0.333 e. The van der Waals surface area contributed by atoms with Crippen molar-refractivity contribution in [2.45, 2.75) is 26.4 Å². The quantitative estimate of drug-likeness (QED) is 0.218. The molecule has 2 aromatic heterocycles. The van der Waals surface area contributed by atoms with Crippen molar-refractivity contribution in [1.82, 2.24) is 14.5 Å². The van der Waals surface area contributed by atoms with Gasteiger partial charge in [0.15, 0.2) is 0 Å². The number of primary amides is 1. The van der Waals surface area contributed by atoms with Crippen molar-refractivity contribution in [2.75, 3.05) is 0 Å². The van der Waals surface area contributed by atoms with Crippen molar-refractivity contribution < 1.29 is 19.4 Å². The van der Waals surface area contributed by atoms with Crippen molar-refractivity contribution in [3.63, 3.8) is 0 Å². The van der Waals surface area contributed by atoms with E-state index in [1.165, 1.54) is 18.2 Å². The van der Waals surface area contributed by atoms with Crippen LogP contribution in [0, 0.1) is 12.7 Å². The Morgan fingerprint density at radius 3 is 2.41 bits per heavy atom. The summed E-state index contributed by atoms with van der Waals surface area (Å²) >= 11 is 0. The minimum Gasteiger partial charge on any atom is -0.505 e. The molecule has 1 amide bonds. The predicted molar refractivity (Wildman–Crippen MR) is 155 cm³/mol. The standard InChI is InChI=1S/C31H25FN4O5/c1-14-12-19(28(33)38)26-24(16-11-10-15(31(2,3)41)13-21(16)34-26)23(14)17-6-5-9-22(27(17)37)36-29(39)18-7-4-8-20(32)25(18)35-30(36)40/h4-13,34,37,41H,1-3H3,(H2,33,38)(H,35,40). The molecule has 10 heteroatoms. The molecule has 41 heavy (non-hydrogen) atoms. The van der Waals surface area contributed by atoms with Gasteiger partial charge >= 0.3 is 5.69 Å². The van der Waals surface area contributed by atoms with Gasteiger partial charge in [0.2, 0.25) is 0 Å². The van der Waals surface area contributed by atoms with Gasteiger partial charge in [-0.2, -0.15) is 0 Å². The summed E-state index contributed by atoms with van der Waals surface area (Å²) in [5.74, 6) is -1.77. The fourth-order valence-corrected chi connectivity index (χ4v) is 5.48. The molecule has 4 aromatic carbocycles. The zero-order valence-corrected chi connectivity index (χ0v) is 22.3. The monoisotopic (exact) mass is 552 g/mol. The third-order valence-corrected chi connectivity index (χ3v) is 7.45. The number of para-hydroxylation sites is 2. The number of halogens is 1. The van der Waals surface area contributed by atoms with E-state index in [1.54, 1.807) is 51.1 Å². The minimum atomic E-state index is -1.12. The summed E-state index contributed by atoms with van der Waals surface area (Å²) in [5, 5.41) is 23.4. The third kappa shape index (κ3) is 3.91. The molecule has 9 nitrogen and oxygen atoms in total. The van der Waals surface area contributed by atoms with Gasteiger partial charge in [-0.3, -0.25) is 9.59 Å². The number of carbonyl (C=O) groups is 1. The Balaban J connectivity index is 1.69. The number of fused-ring (bicyclic) bond motifs is 4. The summed E-state index contributed by atoms with van der Waals surface area (Å²) in [6.45, 7) is 5.08. The van der Waals surface area contributed by atoms with Crippen LogP contribution in [0.5, 0.6) is 5.75 Å². The summed E-state index contributed by atoms with van der Waals surface area (Å²) in [6, 6.07) is 15.5. The van der Waals surface area contributed by atoms with Gasteiger partial charge in [0.1, 0.15) is 11.6 Å². The lowest BCUT2D eigenvalue weighted by Crippen LogP contribution is -2.34. The number of rotatable bonds is 4. The summed E-state index contributed by atoms with van der Waals surface area (Å²) < 4.78 is 15.1. The van der Waals surface area contributed by atoms with Gasteiger partial charge in [-0.25, -0.2) is 13.8 Å². The van der Waals surface area contributed by atoms with Crippen LogP contribution in [0.4, 0.5) is 4.39 Å². The number of phenolic OH excluding ortho intramolecular Hbond substituents is 1. The number of amides is 1. The number of nitrogens with zero attached hydrogens (tertiary/aromatic N) is 1. The molecule has 0 saturated carbocycles. The number of aromatic nitrogens is 3. The molecule has 6 aromatic rings. The second kappa shape index (κ2) is 8.90. The van der Waals surface area contributed by atoms with Crippen LogP contribution in [0.25, 0.3) is 49.5 Å². The highest BCUT2D eigenvalue weighted by atomic mass is 19.1. The van der Waals surface area contributed by atoms with Crippen molar-refractivity contribution >= 4 is 38.6 Å². The molecule has 6 N–H and O–H groups in total. The first-order chi connectivity index (χ1) is 19.4. The van der Waals surface area contributed by atoms with Crippen LogP contribution in [0.1, 0.15) is 35.3 Å². The minimum absolute atomic E-state index is 0.0574. The maximum Gasteiger partial charge on any atom is 0.333 e. The zero-order chi connectivity index (χ0) is 29.4.